The highest BCUT2D eigenvalue weighted by molar-refractivity contribution is 8.00. The van der Waals surface area contributed by atoms with Gasteiger partial charge in [0.05, 0.1) is 5.41 Å². The maximum Gasteiger partial charge on any atom is 0.164 e. The van der Waals surface area contributed by atoms with Gasteiger partial charge < -0.3 is 0 Å². The summed E-state index contributed by atoms with van der Waals surface area (Å²) >= 11 is 3.78. The number of hydrogen-bond donors (Lipinski definition) is 0. The molecule has 10 aromatic rings. The lowest BCUT2D eigenvalue weighted by Gasteiger charge is -2.39. The van der Waals surface area contributed by atoms with Crippen LogP contribution in [0.5, 0.6) is 0 Å². The van der Waals surface area contributed by atoms with Crippen molar-refractivity contribution in [3.63, 3.8) is 0 Å². The second-order valence-electron chi connectivity index (χ2n) is 14.7. The molecule has 2 aromatic heterocycles. The summed E-state index contributed by atoms with van der Waals surface area (Å²) in [7, 11) is 0. The van der Waals surface area contributed by atoms with E-state index in [1.807, 2.05) is 47.4 Å². The first-order chi connectivity index (χ1) is 28.3. The zero-order valence-corrected chi connectivity index (χ0v) is 32.2. The van der Waals surface area contributed by atoms with Gasteiger partial charge in [-0.15, -0.1) is 11.3 Å². The largest absolute Gasteiger partial charge is 0.208 e. The number of thiophene rings is 1. The van der Waals surface area contributed by atoms with Crippen LogP contribution < -0.4 is 0 Å². The van der Waals surface area contributed by atoms with E-state index < -0.39 is 5.41 Å². The van der Waals surface area contributed by atoms with Gasteiger partial charge in [0.25, 0.3) is 0 Å². The van der Waals surface area contributed by atoms with Gasteiger partial charge in [-0.25, -0.2) is 15.0 Å². The highest BCUT2D eigenvalue weighted by Gasteiger charge is 2.50. The van der Waals surface area contributed by atoms with Crippen molar-refractivity contribution in [2.24, 2.45) is 0 Å². The third-order valence-corrected chi connectivity index (χ3v) is 14.2. The molecule has 0 saturated heterocycles. The summed E-state index contributed by atoms with van der Waals surface area (Å²) in [5, 5.41) is 2.40. The molecule has 0 fully saturated rings. The Morgan fingerprint density at radius 2 is 0.895 bits per heavy atom. The van der Waals surface area contributed by atoms with Crippen LogP contribution in [0.25, 0.3) is 76.6 Å². The van der Waals surface area contributed by atoms with E-state index in [1.54, 1.807) is 0 Å². The molecule has 266 valence electrons. The average molecular weight is 762 g/mol. The lowest BCUT2D eigenvalue weighted by Crippen LogP contribution is -2.31. The quantitative estimate of drug-likeness (QED) is 0.179. The van der Waals surface area contributed by atoms with Gasteiger partial charge in [0.1, 0.15) is 0 Å². The van der Waals surface area contributed by atoms with E-state index in [2.05, 4.69) is 164 Å². The standard InChI is InChI=1S/C52H31N3S2/c1-3-14-32(15-4-1)33-26-28-35(29-27-33)50-53-49(34-16-5-2-6-17-34)54-51(55-50)39-20-13-25-45-46(39)38-30-31-43-48(47(38)57-45)56-44-24-12-11-23-42(44)52(43)40-21-9-7-18-36(40)37-19-8-10-22-41(37)52/h1-31H. The van der Waals surface area contributed by atoms with Gasteiger partial charge >= 0.3 is 0 Å². The topological polar surface area (TPSA) is 38.7 Å². The van der Waals surface area contributed by atoms with Gasteiger partial charge in [-0.05, 0) is 56.6 Å². The molecule has 1 aliphatic carbocycles. The minimum absolute atomic E-state index is 0.415. The minimum atomic E-state index is -0.415. The van der Waals surface area contributed by atoms with E-state index in [4.69, 9.17) is 15.0 Å². The molecule has 0 atom stereocenters. The molecule has 0 N–H and O–H groups in total. The first-order valence-corrected chi connectivity index (χ1v) is 20.8. The van der Waals surface area contributed by atoms with E-state index in [0.29, 0.717) is 17.5 Å². The monoisotopic (exact) mass is 761 g/mol. The summed E-state index contributed by atoms with van der Waals surface area (Å²) in [6.07, 6.45) is 0. The van der Waals surface area contributed by atoms with Gasteiger partial charge in [-0.1, -0.05) is 188 Å². The number of nitrogens with zero attached hydrogens (tertiary/aromatic N) is 3. The number of hydrogen-bond acceptors (Lipinski definition) is 5. The third kappa shape index (κ3) is 4.83. The minimum Gasteiger partial charge on any atom is -0.208 e. The van der Waals surface area contributed by atoms with Gasteiger partial charge in [0.2, 0.25) is 0 Å². The highest BCUT2D eigenvalue weighted by Crippen LogP contribution is 2.63. The van der Waals surface area contributed by atoms with Crippen LogP contribution in [0.3, 0.4) is 0 Å². The Bertz CT molecular complexity index is 3160. The van der Waals surface area contributed by atoms with Crippen molar-refractivity contribution in [2.75, 3.05) is 0 Å². The van der Waals surface area contributed by atoms with Crippen LogP contribution in [-0.2, 0) is 5.41 Å². The van der Waals surface area contributed by atoms with E-state index in [9.17, 15) is 0 Å². The molecule has 0 bridgehead atoms. The molecule has 8 aromatic carbocycles. The van der Waals surface area contributed by atoms with Crippen molar-refractivity contribution < 1.29 is 0 Å². The summed E-state index contributed by atoms with van der Waals surface area (Å²) in [5.41, 5.74) is 12.9. The number of rotatable bonds is 4. The number of aromatic nitrogens is 3. The SMILES string of the molecule is c1ccc(-c2ccc(-c3nc(-c4ccccc4)nc(-c4cccc5sc6c7c(ccc6c45)C4(c5ccccc5S7)c5ccccc5-c5ccccc54)n3)cc2)cc1. The Morgan fingerprint density at radius 3 is 1.60 bits per heavy atom. The van der Waals surface area contributed by atoms with Crippen LogP contribution >= 0.6 is 23.1 Å². The molecule has 3 heterocycles. The maximum absolute atomic E-state index is 5.24. The first kappa shape index (κ1) is 32.6. The molecule has 1 aliphatic heterocycles. The zero-order chi connectivity index (χ0) is 37.5. The Balaban J connectivity index is 1.08. The lowest BCUT2D eigenvalue weighted by molar-refractivity contribution is 0.726. The highest BCUT2D eigenvalue weighted by atomic mass is 32.2. The Morgan fingerprint density at radius 1 is 0.368 bits per heavy atom. The predicted molar refractivity (Wildman–Crippen MR) is 236 cm³/mol. The first-order valence-electron chi connectivity index (χ1n) is 19.2. The van der Waals surface area contributed by atoms with Gasteiger partial charge in [-0.2, -0.15) is 0 Å². The third-order valence-electron chi connectivity index (χ3n) is 11.6. The Hall–Kier alpha value is -6.66. The molecule has 3 nitrogen and oxygen atoms in total. The van der Waals surface area contributed by atoms with E-state index in [-0.39, 0.29) is 0 Å². The van der Waals surface area contributed by atoms with E-state index >= 15 is 0 Å². The summed E-state index contributed by atoms with van der Waals surface area (Å²) in [6.45, 7) is 0. The summed E-state index contributed by atoms with van der Waals surface area (Å²) in [4.78, 5) is 18.1. The average Bonchev–Trinajstić information content (AvgIpc) is 3.82. The molecule has 0 unspecified atom stereocenters. The fourth-order valence-corrected chi connectivity index (χ4v) is 11.8. The van der Waals surface area contributed by atoms with Crippen molar-refractivity contribution in [2.45, 2.75) is 15.2 Å². The predicted octanol–water partition coefficient (Wildman–Crippen LogP) is 13.7. The van der Waals surface area contributed by atoms with Crippen LogP contribution in [0.4, 0.5) is 0 Å². The summed E-state index contributed by atoms with van der Waals surface area (Å²) < 4.78 is 2.51. The molecule has 57 heavy (non-hydrogen) atoms. The van der Waals surface area contributed by atoms with Crippen LogP contribution in [-0.4, -0.2) is 15.0 Å². The van der Waals surface area contributed by atoms with Crippen molar-refractivity contribution >= 4 is 43.3 Å². The van der Waals surface area contributed by atoms with Crippen LogP contribution in [0.1, 0.15) is 22.3 Å². The Labute approximate surface area is 338 Å². The molecule has 0 amide bonds. The number of benzene rings is 8. The van der Waals surface area contributed by atoms with Crippen LogP contribution in [0, 0.1) is 0 Å². The molecule has 0 radical (unpaired) electrons. The zero-order valence-electron chi connectivity index (χ0n) is 30.6. The van der Waals surface area contributed by atoms with Gasteiger partial charge in [-0.3, -0.25) is 0 Å². The molecule has 5 heteroatoms. The van der Waals surface area contributed by atoms with Crippen LogP contribution in [0.2, 0.25) is 0 Å². The van der Waals surface area contributed by atoms with Crippen molar-refractivity contribution in [3.05, 3.63) is 210 Å². The molecular weight excluding hydrogens is 731 g/mol. The van der Waals surface area contributed by atoms with Crippen molar-refractivity contribution in [1.29, 1.82) is 0 Å². The fraction of sp³-hybridized carbons (Fsp3) is 0.0192. The van der Waals surface area contributed by atoms with Crippen LogP contribution in [0.15, 0.2) is 198 Å². The van der Waals surface area contributed by atoms with Crippen molar-refractivity contribution in [3.8, 4) is 56.4 Å². The lowest BCUT2D eigenvalue weighted by atomic mass is 9.67. The van der Waals surface area contributed by atoms with E-state index in [1.165, 1.54) is 68.9 Å². The van der Waals surface area contributed by atoms with Gasteiger partial charge in [0.15, 0.2) is 17.5 Å². The molecular formula is C52H31N3S2. The maximum atomic E-state index is 5.24. The molecule has 0 saturated carbocycles. The second kappa shape index (κ2) is 12.7. The fourth-order valence-electron chi connectivity index (χ4n) is 9.17. The second-order valence-corrected chi connectivity index (χ2v) is 16.8. The molecule has 2 aliphatic rings. The van der Waals surface area contributed by atoms with Gasteiger partial charge in [0, 0.05) is 46.7 Å². The normalized spacial score (nSPS) is 13.3. The smallest absolute Gasteiger partial charge is 0.164 e. The molecule has 1 spiro atoms. The summed E-state index contributed by atoms with van der Waals surface area (Å²) in [5.74, 6) is 1.98. The number of fused-ring (bicyclic) bond motifs is 13. The molecule has 12 rings (SSSR count). The summed E-state index contributed by atoms with van der Waals surface area (Å²) in [6, 6.07) is 67.6. The van der Waals surface area contributed by atoms with Crippen molar-refractivity contribution in [1.82, 2.24) is 15.0 Å². The van der Waals surface area contributed by atoms with E-state index in [0.717, 1.165) is 22.3 Å². The Kier molecular flexibility index (Phi) is 7.25.